The van der Waals surface area contributed by atoms with Gasteiger partial charge in [-0.05, 0) is 6.92 Å². The van der Waals surface area contributed by atoms with Crippen molar-refractivity contribution in [2.24, 2.45) is 0 Å². The second kappa shape index (κ2) is 8.33. The summed E-state index contributed by atoms with van der Waals surface area (Å²) >= 11 is 9.87. The standard InChI is InChI=1S/C8H7ClNO2.BrH.Zn/c1-2-12-8(11)6-4-3-5-10-7(6)9;;/h4-5H,2H2,1H3;1H;/q-1;;+2/p-1. The van der Waals surface area contributed by atoms with Crippen LogP contribution < -0.4 is 0 Å². The van der Waals surface area contributed by atoms with Crippen molar-refractivity contribution in [2.45, 2.75) is 6.92 Å². The molecule has 1 heterocycles. The maximum atomic E-state index is 11.1. The molecule has 72 valence electrons. The molecule has 0 bridgehead atoms. The normalized spacial score (nSPS) is 8.64. The number of carbonyl (C=O) groups is 1. The summed E-state index contributed by atoms with van der Waals surface area (Å²) in [6, 6.07) is 4.10. The van der Waals surface area contributed by atoms with Gasteiger partial charge in [0.05, 0.1) is 11.8 Å². The molecule has 3 nitrogen and oxygen atoms in total. The second-order valence-corrected chi connectivity index (χ2v) is 2.35. The van der Waals surface area contributed by atoms with Gasteiger partial charge in [-0.25, -0.2) is 12.1 Å². The van der Waals surface area contributed by atoms with Crippen molar-refractivity contribution in [3.8, 4) is 0 Å². The van der Waals surface area contributed by atoms with Crippen molar-refractivity contribution in [3.05, 3.63) is 29.0 Å². The van der Waals surface area contributed by atoms with Gasteiger partial charge in [-0.1, -0.05) is 23.4 Å². The number of pyridine rings is 1. The molecule has 0 aromatic carbocycles. The van der Waals surface area contributed by atoms with E-state index in [1.165, 1.54) is 28.6 Å². The number of rotatable bonds is 2. The molecule has 0 aliphatic rings. The number of esters is 1. The summed E-state index contributed by atoms with van der Waals surface area (Å²) < 4.78 is 4.73. The Balaban J connectivity index is 0.000000791. The average Bonchev–Trinajstić information content (AvgIpc) is 2.22. The Morgan fingerprint density at radius 1 is 1.79 bits per heavy atom. The van der Waals surface area contributed by atoms with Crippen LogP contribution in [0.15, 0.2) is 12.3 Å². The number of hydrogen-bond acceptors (Lipinski definition) is 3. The van der Waals surface area contributed by atoms with Crippen molar-refractivity contribution in [2.75, 3.05) is 6.61 Å². The van der Waals surface area contributed by atoms with E-state index in [-0.39, 0.29) is 10.7 Å². The minimum absolute atomic E-state index is 0.146. The molecule has 0 fully saturated rings. The molecule has 0 saturated carbocycles. The van der Waals surface area contributed by atoms with Gasteiger partial charge in [0.15, 0.2) is 0 Å². The number of nitrogens with zero attached hydrogens (tertiary/aromatic N) is 1. The van der Waals surface area contributed by atoms with Crippen LogP contribution in [0, 0.1) is 6.07 Å². The minimum atomic E-state index is -0.466. The van der Waals surface area contributed by atoms with Crippen LogP contribution in [-0.4, -0.2) is 17.6 Å². The summed E-state index contributed by atoms with van der Waals surface area (Å²) in [4.78, 5) is 14.8. The van der Waals surface area contributed by atoms with Crippen LogP contribution in [-0.2, 0) is 21.1 Å². The first-order valence-corrected chi connectivity index (χ1v) is 11.0. The molecule has 1 aromatic heterocycles. The Hall–Kier alpha value is 0.0134. The van der Waals surface area contributed by atoms with Crippen LogP contribution in [0.4, 0.5) is 0 Å². The molecule has 0 aliphatic carbocycles. The van der Waals surface area contributed by atoms with E-state index in [0.717, 1.165) is 0 Å². The predicted molar refractivity (Wildman–Crippen MR) is 53.0 cm³/mol. The third kappa shape index (κ3) is 4.49. The van der Waals surface area contributed by atoms with Crippen LogP contribution in [0.5, 0.6) is 0 Å². The quantitative estimate of drug-likeness (QED) is 0.362. The van der Waals surface area contributed by atoms with E-state index in [9.17, 15) is 4.79 Å². The molecule has 0 amide bonds. The van der Waals surface area contributed by atoms with Crippen molar-refractivity contribution < 1.29 is 25.9 Å². The Labute approximate surface area is 104 Å². The first-order valence-electron chi connectivity index (χ1n) is 3.71. The van der Waals surface area contributed by atoms with Gasteiger partial charge < -0.3 is 4.74 Å². The van der Waals surface area contributed by atoms with Crippen LogP contribution >= 0.6 is 25.2 Å². The first-order chi connectivity index (χ1) is 6.75. The topological polar surface area (TPSA) is 39.2 Å². The summed E-state index contributed by atoms with van der Waals surface area (Å²) in [6.45, 7) is 2.05. The van der Waals surface area contributed by atoms with Gasteiger partial charge in [-0.2, -0.15) is 0 Å². The van der Waals surface area contributed by atoms with E-state index >= 15 is 0 Å². The van der Waals surface area contributed by atoms with E-state index < -0.39 is 5.97 Å². The zero-order valence-electron chi connectivity index (χ0n) is 7.59. The SMILES string of the molecule is CCOC(=O)c1c[c-]cnc1Cl.[Zn+][Br]. The van der Waals surface area contributed by atoms with Gasteiger partial charge >= 0.3 is 30.0 Å². The third-order valence-corrected chi connectivity index (χ3v) is 1.50. The molecule has 6 heteroatoms. The van der Waals surface area contributed by atoms with E-state index in [4.69, 9.17) is 16.3 Å². The molecule has 14 heavy (non-hydrogen) atoms. The molecule has 0 atom stereocenters. The number of aromatic nitrogens is 1. The molecule has 1 aromatic rings. The predicted octanol–water partition coefficient (Wildman–Crippen LogP) is 2.55. The van der Waals surface area contributed by atoms with E-state index in [1.807, 2.05) is 0 Å². The fourth-order valence-corrected chi connectivity index (χ4v) is 0.876. The van der Waals surface area contributed by atoms with Crippen molar-refractivity contribution in [1.82, 2.24) is 4.98 Å². The Bertz CT molecular complexity index is 298. The van der Waals surface area contributed by atoms with E-state index in [2.05, 4.69) is 24.7 Å². The molecule has 0 radical (unpaired) electrons. The van der Waals surface area contributed by atoms with E-state index in [1.54, 1.807) is 6.92 Å². The van der Waals surface area contributed by atoms with Gasteiger partial charge in [0.2, 0.25) is 0 Å². The molecular weight excluding hydrogens is 323 g/mol. The molecule has 0 saturated heterocycles. The second-order valence-electron chi connectivity index (χ2n) is 1.99. The summed E-state index contributed by atoms with van der Waals surface area (Å²) in [5, 5.41) is 0.146. The summed E-state index contributed by atoms with van der Waals surface area (Å²) in [5.41, 5.74) is 0.251. The fourth-order valence-electron chi connectivity index (χ4n) is 0.696. The van der Waals surface area contributed by atoms with Crippen molar-refractivity contribution in [3.63, 3.8) is 0 Å². The van der Waals surface area contributed by atoms with Gasteiger partial charge in [-0.3, -0.25) is 9.78 Å². The number of hydrogen-bond donors (Lipinski definition) is 0. The van der Waals surface area contributed by atoms with Crippen LogP contribution in [0.3, 0.4) is 0 Å². The maximum absolute atomic E-state index is 11.1. The van der Waals surface area contributed by atoms with Gasteiger partial charge in [0.1, 0.15) is 0 Å². The van der Waals surface area contributed by atoms with Crippen molar-refractivity contribution in [1.29, 1.82) is 0 Å². The van der Waals surface area contributed by atoms with Crippen LogP contribution in [0.1, 0.15) is 17.3 Å². The van der Waals surface area contributed by atoms with E-state index in [0.29, 0.717) is 6.61 Å². The summed E-state index contributed by atoms with van der Waals surface area (Å²) in [6.07, 6.45) is 1.39. The van der Waals surface area contributed by atoms with Gasteiger partial charge in [0, 0.05) is 0 Å². The molecule has 0 unspecified atom stereocenters. The summed E-state index contributed by atoms with van der Waals surface area (Å²) in [5.74, 6) is -0.466. The zero-order valence-corrected chi connectivity index (χ0v) is 12.9. The Morgan fingerprint density at radius 3 is 2.93 bits per heavy atom. The third-order valence-electron chi connectivity index (χ3n) is 1.20. The fraction of sp³-hybridized carbons (Fsp3) is 0.250. The van der Waals surface area contributed by atoms with Gasteiger partial charge in [0.25, 0.3) is 5.97 Å². The molecule has 0 N–H and O–H groups in total. The Morgan fingerprint density at radius 2 is 2.43 bits per heavy atom. The van der Waals surface area contributed by atoms with Crippen molar-refractivity contribution >= 4 is 31.2 Å². The summed E-state index contributed by atoms with van der Waals surface area (Å²) in [7, 11) is 0. The molecule has 0 aliphatic heterocycles. The average molecular weight is 330 g/mol. The number of halogens is 2. The number of carbonyl (C=O) groups excluding carboxylic acids is 1. The van der Waals surface area contributed by atoms with Gasteiger partial charge in [-0.15, -0.1) is 0 Å². The zero-order chi connectivity index (χ0) is 11.0. The first kappa shape index (κ1) is 14.0. The molecule has 1 rings (SSSR count). The molecule has 0 spiro atoms. The van der Waals surface area contributed by atoms with Crippen LogP contribution in [0.2, 0.25) is 5.15 Å². The Kier molecular flexibility index (Phi) is 8.34. The molecular formula is C8H7BrClNO2Zn. The van der Waals surface area contributed by atoms with Crippen LogP contribution in [0.25, 0.3) is 0 Å². The number of ether oxygens (including phenoxy) is 1. The monoisotopic (exact) mass is 327 g/mol.